The van der Waals surface area contributed by atoms with Gasteiger partial charge in [-0.3, -0.25) is 4.31 Å². The van der Waals surface area contributed by atoms with E-state index in [0.29, 0.717) is 6.42 Å². The Morgan fingerprint density at radius 2 is 1.26 bits per heavy atom. The van der Waals surface area contributed by atoms with Crippen molar-refractivity contribution < 1.29 is 16.8 Å². The van der Waals surface area contributed by atoms with Crippen molar-refractivity contribution in [1.82, 2.24) is 8.61 Å². The van der Waals surface area contributed by atoms with E-state index in [0.717, 1.165) is 16.7 Å². The minimum absolute atomic E-state index is 0.0188. The highest BCUT2D eigenvalue weighted by Gasteiger charge is 2.41. The quantitative estimate of drug-likeness (QED) is 0.514. The van der Waals surface area contributed by atoms with Crippen molar-refractivity contribution in [2.45, 2.75) is 36.1 Å². The lowest BCUT2D eigenvalue weighted by Crippen LogP contribution is -2.55. The highest BCUT2D eigenvalue weighted by molar-refractivity contribution is 7.89. The van der Waals surface area contributed by atoms with Gasteiger partial charge < -0.3 is 0 Å². The maximum Gasteiger partial charge on any atom is 0.264 e. The van der Waals surface area contributed by atoms with Crippen molar-refractivity contribution in [1.29, 1.82) is 0 Å². The van der Waals surface area contributed by atoms with Crippen LogP contribution >= 0.6 is 0 Å². The van der Waals surface area contributed by atoms with Crippen LogP contribution in [0.2, 0.25) is 0 Å². The van der Waals surface area contributed by atoms with Gasteiger partial charge in [-0.05, 0) is 50.1 Å². The van der Waals surface area contributed by atoms with Crippen LogP contribution in [0.1, 0.15) is 16.7 Å². The fourth-order valence-electron chi connectivity index (χ4n) is 4.08. The summed E-state index contributed by atoms with van der Waals surface area (Å²) in [6.07, 6.45) is 0.374. The number of hydrogen-bond donors (Lipinski definition) is 0. The molecule has 0 bridgehead atoms. The fourth-order valence-corrected chi connectivity index (χ4v) is 7.19. The van der Waals surface area contributed by atoms with Crippen LogP contribution < -0.4 is 0 Å². The van der Waals surface area contributed by atoms with Crippen LogP contribution in [-0.2, 0) is 26.5 Å². The van der Waals surface area contributed by atoms with Crippen molar-refractivity contribution in [2.75, 3.05) is 13.1 Å². The van der Waals surface area contributed by atoms with Crippen molar-refractivity contribution in [3.05, 3.63) is 108 Å². The Balaban J connectivity index is 1.73. The fraction of sp³-hybridized carbons (Fsp3) is 0.231. The molecular formula is C26H28N2O4S2. The van der Waals surface area contributed by atoms with Crippen molar-refractivity contribution in [3.63, 3.8) is 0 Å². The van der Waals surface area contributed by atoms with Crippen LogP contribution in [0.3, 0.4) is 0 Å². The van der Waals surface area contributed by atoms with Gasteiger partial charge in [-0.2, -0.15) is 4.31 Å². The average molecular weight is 497 g/mol. The highest BCUT2D eigenvalue weighted by atomic mass is 32.2. The van der Waals surface area contributed by atoms with Crippen LogP contribution in [-0.4, -0.2) is 44.6 Å². The summed E-state index contributed by atoms with van der Waals surface area (Å²) < 4.78 is 56.8. The third kappa shape index (κ3) is 4.80. The van der Waals surface area contributed by atoms with Crippen molar-refractivity contribution in [3.8, 4) is 0 Å². The molecule has 34 heavy (non-hydrogen) atoms. The lowest BCUT2D eigenvalue weighted by molar-refractivity contribution is 0.237. The summed E-state index contributed by atoms with van der Waals surface area (Å²) in [4.78, 5) is 0.339. The maximum atomic E-state index is 13.6. The SMILES string of the molecule is C=C1CN(S(=O)(=O)c2ccc(C)cc2)[C@@H](Cc2ccccc2)CN1S(=O)(=O)c1ccc(C)cc1. The van der Waals surface area contributed by atoms with Crippen molar-refractivity contribution >= 4 is 20.0 Å². The monoisotopic (exact) mass is 496 g/mol. The molecule has 0 N–H and O–H groups in total. The van der Waals surface area contributed by atoms with Gasteiger partial charge in [-0.15, -0.1) is 0 Å². The molecule has 1 aliphatic rings. The first-order valence-corrected chi connectivity index (χ1v) is 13.9. The minimum atomic E-state index is -3.88. The zero-order valence-corrected chi connectivity index (χ0v) is 20.9. The molecule has 0 amide bonds. The number of rotatable bonds is 6. The molecule has 0 unspecified atom stereocenters. The van der Waals surface area contributed by atoms with E-state index in [1.54, 1.807) is 48.5 Å². The van der Waals surface area contributed by atoms with E-state index < -0.39 is 26.1 Å². The molecule has 1 aliphatic heterocycles. The van der Waals surface area contributed by atoms with Crippen molar-refractivity contribution in [2.24, 2.45) is 0 Å². The Kier molecular flexibility index (Phi) is 6.66. The topological polar surface area (TPSA) is 74.8 Å². The van der Waals surface area contributed by atoms with Crippen LogP contribution in [0.4, 0.5) is 0 Å². The number of benzene rings is 3. The second kappa shape index (κ2) is 9.37. The standard InChI is InChI=1S/C26H28N2O4S2/c1-20-9-13-25(14-10-20)33(29,30)27-19-24(17-23-7-5-4-6-8-23)28(18-22(27)3)34(31,32)26-15-11-21(2)12-16-26/h4-16,24H,3,17-19H2,1-2H3/t24-/m0/s1. The van der Waals surface area contributed by atoms with Gasteiger partial charge in [0.25, 0.3) is 10.0 Å². The number of piperazine rings is 1. The van der Waals surface area contributed by atoms with Gasteiger partial charge in [0.1, 0.15) is 0 Å². The molecule has 0 saturated carbocycles. The molecule has 4 rings (SSSR count). The number of aryl methyl sites for hydroxylation is 2. The predicted octanol–water partition coefficient (Wildman–Crippen LogP) is 4.12. The third-order valence-corrected chi connectivity index (χ3v) is 9.79. The zero-order valence-electron chi connectivity index (χ0n) is 19.3. The molecule has 8 heteroatoms. The average Bonchev–Trinajstić information content (AvgIpc) is 2.81. The molecule has 6 nitrogen and oxygen atoms in total. The first-order valence-electron chi connectivity index (χ1n) is 11.0. The summed E-state index contributed by atoms with van der Waals surface area (Å²) in [5.41, 5.74) is 3.06. The third-order valence-electron chi connectivity index (χ3n) is 6.03. The van der Waals surface area contributed by atoms with Gasteiger partial charge in [0.15, 0.2) is 0 Å². The molecule has 0 aromatic heterocycles. The predicted molar refractivity (Wildman–Crippen MR) is 133 cm³/mol. The second-order valence-corrected chi connectivity index (χ2v) is 12.4. The highest BCUT2D eigenvalue weighted by Crippen LogP contribution is 2.31. The molecule has 3 aromatic carbocycles. The molecule has 1 saturated heterocycles. The second-order valence-electron chi connectivity index (χ2n) is 8.62. The van der Waals surface area contributed by atoms with Gasteiger partial charge in [0.05, 0.1) is 22.9 Å². The summed E-state index contributed by atoms with van der Waals surface area (Å²) in [7, 11) is -7.75. The minimum Gasteiger partial charge on any atom is -0.268 e. The number of nitrogens with zero attached hydrogens (tertiary/aromatic N) is 2. The summed E-state index contributed by atoms with van der Waals surface area (Å²) in [6, 6.07) is 22.2. The first kappa shape index (κ1) is 24.2. The van der Waals surface area contributed by atoms with E-state index in [1.165, 1.54) is 8.61 Å². The van der Waals surface area contributed by atoms with E-state index in [9.17, 15) is 16.8 Å². The van der Waals surface area contributed by atoms with Crippen LogP contribution in [0.15, 0.2) is 101 Å². The van der Waals surface area contributed by atoms with Crippen LogP contribution in [0.25, 0.3) is 0 Å². The van der Waals surface area contributed by atoms with E-state index in [2.05, 4.69) is 6.58 Å². The molecule has 0 spiro atoms. The molecule has 0 aliphatic carbocycles. The smallest absolute Gasteiger partial charge is 0.264 e. The van der Waals surface area contributed by atoms with Gasteiger partial charge >= 0.3 is 0 Å². The molecule has 1 heterocycles. The largest absolute Gasteiger partial charge is 0.268 e. The molecule has 0 radical (unpaired) electrons. The summed E-state index contributed by atoms with van der Waals surface area (Å²) in [5.74, 6) is 0. The normalized spacial score (nSPS) is 17.6. The number of sulfonamides is 2. The van der Waals surface area contributed by atoms with Crippen LogP contribution in [0, 0.1) is 13.8 Å². The Morgan fingerprint density at radius 3 is 1.79 bits per heavy atom. The maximum absolute atomic E-state index is 13.6. The Morgan fingerprint density at radius 1 is 0.765 bits per heavy atom. The molecule has 178 valence electrons. The molecule has 1 fully saturated rings. The Hall–Kier alpha value is -2.94. The summed E-state index contributed by atoms with van der Waals surface area (Å²) in [6.45, 7) is 7.61. The first-order chi connectivity index (χ1) is 16.1. The Bertz CT molecular complexity index is 1380. The molecule has 3 aromatic rings. The summed E-state index contributed by atoms with van der Waals surface area (Å²) in [5, 5.41) is 0. The van der Waals surface area contributed by atoms with E-state index in [4.69, 9.17) is 0 Å². The Labute approximate surface area is 202 Å². The van der Waals surface area contributed by atoms with E-state index in [1.807, 2.05) is 44.2 Å². The molecule has 1 atom stereocenters. The van der Waals surface area contributed by atoms with Crippen LogP contribution in [0.5, 0.6) is 0 Å². The van der Waals surface area contributed by atoms with Gasteiger partial charge in [0.2, 0.25) is 10.0 Å². The lowest BCUT2D eigenvalue weighted by atomic mass is 10.0. The van der Waals surface area contributed by atoms with E-state index in [-0.39, 0.29) is 28.6 Å². The van der Waals surface area contributed by atoms with Gasteiger partial charge in [-0.25, -0.2) is 16.8 Å². The zero-order chi connectivity index (χ0) is 24.5. The van der Waals surface area contributed by atoms with Gasteiger partial charge in [-0.1, -0.05) is 72.3 Å². The molecular weight excluding hydrogens is 468 g/mol. The van der Waals surface area contributed by atoms with Gasteiger partial charge in [0, 0.05) is 11.7 Å². The van der Waals surface area contributed by atoms with E-state index >= 15 is 0 Å². The number of hydrogen-bond acceptors (Lipinski definition) is 4. The summed E-state index contributed by atoms with van der Waals surface area (Å²) >= 11 is 0. The lowest BCUT2D eigenvalue weighted by Gasteiger charge is -2.42.